The number of carbonyl (C=O) groups is 1. The molecule has 2 aliphatic rings. The molecular weight excluding hydrogens is 512 g/mol. The van der Waals surface area contributed by atoms with Gasteiger partial charge in [0, 0.05) is 11.9 Å². The lowest BCUT2D eigenvalue weighted by atomic mass is 9.79. The van der Waals surface area contributed by atoms with Crippen LogP contribution in [0, 0.1) is 5.92 Å². The number of aliphatic carboxylic acids is 1. The summed E-state index contributed by atoms with van der Waals surface area (Å²) < 4.78 is 8.29. The van der Waals surface area contributed by atoms with Crippen molar-refractivity contribution in [2.24, 2.45) is 5.92 Å². The van der Waals surface area contributed by atoms with Gasteiger partial charge < -0.3 is 20.3 Å². The lowest BCUT2D eigenvalue weighted by molar-refractivity contribution is -0.186. The van der Waals surface area contributed by atoms with E-state index in [0.717, 1.165) is 18.5 Å². The van der Waals surface area contributed by atoms with Gasteiger partial charge in [-0.25, -0.2) is 19.3 Å². The van der Waals surface area contributed by atoms with E-state index in [2.05, 4.69) is 26.8 Å². The molecule has 1 saturated carbocycles. The predicted molar refractivity (Wildman–Crippen MR) is 148 cm³/mol. The number of benzene rings is 1. The third-order valence-corrected chi connectivity index (χ3v) is 7.80. The van der Waals surface area contributed by atoms with E-state index in [4.69, 9.17) is 4.74 Å². The van der Waals surface area contributed by atoms with Crippen molar-refractivity contribution in [2.75, 3.05) is 18.5 Å². The molecule has 1 saturated heterocycles. The molecule has 40 heavy (non-hydrogen) atoms. The third kappa shape index (κ3) is 4.67. The van der Waals surface area contributed by atoms with Gasteiger partial charge in [0.25, 0.3) is 5.56 Å². The standard InChI is InChI=1S/C29H30N6O5/c1-2-14-34-26(36)22-15-30-28(31-21-12-10-19(11-13-21)18-6-8-20(9-7-18)27(37)38)33-25(22)35(34)24-5-3-4-23(32-24)29(39)16-40-17-29/h2-5,10-13,15,18,20,39H,1,6-9,14,16-17H2,(H,37,38)(H,30,31,33). The summed E-state index contributed by atoms with van der Waals surface area (Å²) in [6.45, 7) is 4.33. The Hall–Kier alpha value is -4.35. The molecule has 11 heteroatoms. The van der Waals surface area contributed by atoms with E-state index >= 15 is 0 Å². The number of pyridine rings is 1. The number of fused-ring (bicyclic) bond motifs is 1. The summed E-state index contributed by atoms with van der Waals surface area (Å²) in [7, 11) is 0. The van der Waals surface area contributed by atoms with E-state index in [0.29, 0.717) is 47.3 Å². The number of hydrogen-bond donors (Lipinski definition) is 3. The fraction of sp³-hybridized carbons (Fsp3) is 0.345. The summed E-state index contributed by atoms with van der Waals surface area (Å²) >= 11 is 0. The molecule has 0 bridgehead atoms. The van der Waals surface area contributed by atoms with Crippen LogP contribution in [0.25, 0.3) is 16.9 Å². The van der Waals surface area contributed by atoms with Crippen molar-refractivity contribution in [3.05, 3.63) is 82.9 Å². The summed E-state index contributed by atoms with van der Waals surface area (Å²) in [5.41, 5.74) is 1.37. The molecule has 0 spiro atoms. The molecule has 0 atom stereocenters. The van der Waals surface area contributed by atoms with E-state index in [1.165, 1.54) is 16.4 Å². The van der Waals surface area contributed by atoms with Crippen LogP contribution in [0.15, 0.2) is 66.1 Å². The molecule has 11 nitrogen and oxygen atoms in total. The smallest absolute Gasteiger partial charge is 0.306 e. The average Bonchev–Trinajstić information content (AvgIpc) is 3.23. The molecule has 1 aromatic carbocycles. The number of nitrogens with zero attached hydrogens (tertiary/aromatic N) is 5. The Morgan fingerprint density at radius 3 is 2.52 bits per heavy atom. The van der Waals surface area contributed by atoms with Gasteiger partial charge in [-0.15, -0.1) is 6.58 Å². The molecule has 1 aliphatic heterocycles. The van der Waals surface area contributed by atoms with Gasteiger partial charge in [0.2, 0.25) is 5.95 Å². The maximum absolute atomic E-state index is 13.2. The number of hydrogen-bond acceptors (Lipinski definition) is 8. The number of carboxylic acid groups (broad SMARTS) is 1. The Morgan fingerprint density at radius 1 is 1.12 bits per heavy atom. The number of ether oxygens (including phenoxy) is 1. The molecular formula is C29H30N6O5. The first-order chi connectivity index (χ1) is 19.4. The summed E-state index contributed by atoms with van der Waals surface area (Å²) in [5.74, 6) is 0.156. The zero-order chi connectivity index (χ0) is 27.9. The molecule has 0 amide bonds. The van der Waals surface area contributed by atoms with Gasteiger partial charge in [-0.2, -0.15) is 4.98 Å². The Morgan fingerprint density at radius 2 is 1.88 bits per heavy atom. The van der Waals surface area contributed by atoms with E-state index in [1.807, 2.05) is 24.3 Å². The lowest BCUT2D eigenvalue weighted by Gasteiger charge is -2.35. The summed E-state index contributed by atoms with van der Waals surface area (Å²) in [6, 6.07) is 13.3. The van der Waals surface area contributed by atoms with E-state index in [-0.39, 0.29) is 31.2 Å². The van der Waals surface area contributed by atoms with E-state index in [1.54, 1.807) is 29.0 Å². The van der Waals surface area contributed by atoms with Gasteiger partial charge in [-0.1, -0.05) is 24.3 Å². The lowest BCUT2D eigenvalue weighted by Crippen LogP contribution is -2.47. The van der Waals surface area contributed by atoms with Crippen molar-refractivity contribution in [2.45, 2.75) is 43.7 Å². The fourth-order valence-electron chi connectivity index (χ4n) is 5.49. The number of aliphatic hydroxyl groups is 1. The first-order valence-electron chi connectivity index (χ1n) is 13.3. The van der Waals surface area contributed by atoms with Crippen LogP contribution in [-0.4, -0.2) is 53.7 Å². The maximum atomic E-state index is 13.2. The monoisotopic (exact) mass is 542 g/mol. The minimum absolute atomic E-state index is 0.161. The Balaban J connectivity index is 1.29. The van der Waals surface area contributed by atoms with Crippen LogP contribution >= 0.6 is 0 Å². The predicted octanol–water partition coefficient (Wildman–Crippen LogP) is 3.48. The molecule has 3 N–H and O–H groups in total. The minimum atomic E-state index is -1.16. The number of aromatic nitrogens is 5. The largest absolute Gasteiger partial charge is 0.481 e. The van der Waals surface area contributed by atoms with Crippen LogP contribution in [0.5, 0.6) is 0 Å². The molecule has 2 fully saturated rings. The van der Waals surface area contributed by atoms with Gasteiger partial charge in [0.05, 0.1) is 31.4 Å². The normalized spacial score (nSPS) is 20.1. The summed E-state index contributed by atoms with van der Waals surface area (Å²) in [4.78, 5) is 38.2. The van der Waals surface area contributed by atoms with Gasteiger partial charge in [-0.05, 0) is 61.4 Å². The summed E-state index contributed by atoms with van der Waals surface area (Å²) in [6.07, 6.45) is 6.24. The van der Waals surface area contributed by atoms with Crippen LogP contribution in [0.1, 0.15) is 42.9 Å². The molecule has 0 radical (unpaired) electrons. The third-order valence-electron chi connectivity index (χ3n) is 7.80. The highest BCUT2D eigenvalue weighted by Crippen LogP contribution is 2.36. The SMILES string of the molecule is C=CCn1c(=O)c2cnc(Nc3ccc(C4CCC(C(=O)O)CC4)cc3)nc2n1-c1cccc(C2(O)COC2)n1. The zero-order valence-corrected chi connectivity index (χ0v) is 21.9. The highest BCUT2D eigenvalue weighted by atomic mass is 16.5. The Bertz CT molecular complexity index is 1630. The topological polar surface area (TPSA) is 144 Å². The highest BCUT2D eigenvalue weighted by molar-refractivity contribution is 5.77. The quantitative estimate of drug-likeness (QED) is 0.285. The molecule has 3 aromatic heterocycles. The van der Waals surface area contributed by atoms with Gasteiger partial charge >= 0.3 is 5.97 Å². The van der Waals surface area contributed by atoms with Crippen LogP contribution in [0.4, 0.5) is 11.6 Å². The molecule has 4 aromatic rings. The second kappa shape index (κ2) is 10.3. The fourth-order valence-corrected chi connectivity index (χ4v) is 5.49. The number of rotatable bonds is 8. The zero-order valence-electron chi connectivity index (χ0n) is 21.9. The summed E-state index contributed by atoms with van der Waals surface area (Å²) in [5, 5.41) is 23.6. The number of carboxylic acids is 1. The van der Waals surface area contributed by atoms with Crippen molar-refractivity contribution >= 4 is 28.6 Å². The maximum Gasteiger partial charge on any atom is 0.306 e. The first-order valence-corrected chi connectivity index (χ1v) is 13.3. The molecule has 6 rings (SSSR count). The van der Waals surface area contributed by atoms with Crippen molar-refractivity contribution in [1.29, 1.82) is 0 Å². The number of allylic oxidation sites excluding steroid dienone is 1. The van der Waals surface area contributed by atoms with E-state index in [9.17, 15) is 19.8 Å². The van der Waals surface area contributed by atoms with Crippen LogP contribution in [0.3, 0.4) is 0 Å². The average molecular weight is 543 g/mol. The van der Waals surface area contributed by atoms with Crippen LogP contribution in [-0.2, 0) is 21.7 Å². The number of anilines is 2. The second-order valence-electron chi connectivity index (χ2n) is 10.5. The molecule has 0 unspecified atom stereocenters. The molecule has 1 aliphatic carbocycles. The van der Waals surface area contributed by atoms with Crippen molar-refractivity contribution in [3.8, 4) is 5.82 Å². The number of nitrogens with one attached hydrogen (secondary N) is 1. The van der Waals surface area contributed by atoms with Crippen molar-refractivity contribution in [3.63, 3.8) is 0 Å². The molecule has 206 valence electrons. The second-order valence-corrected chi connectivity index (χ2v) is 10.5. The van der Waals surface area contributed by atoms with Gasteiger partial charge in [0.15, 0.2) is 17.1 Å². The van der Waals surface area contributed by atoms with E-state index < -0.39 is 11.6 Å². The van der Waals surface area contributed by atoms with Crippen LogP contribution < -0.4 is 10.9 Å². The van der Waals surface area contributed by atoms with Gasteiger partial charge in [-0.3, -0.25) is 9.59 Å². The Kier molecular flexibility index (Phi) is 6.68. The van der Waals surface area contributed by atoms with Crippen molar-refractivity contribution in [1.82, 2.24) is 24.3 Å². The Labute approximate surface area is 229 Å². The van der Waals surface area contributed by atoms with Gasteiger partial charge in [0.1, 0.15) is 5.39 Å². The van der Waals surface area contributed by atoms with Crippen molar-refractivity contribution < 1.29 is 19.7 Å². The highest BCUT2D eigenvalue weighted by Gasteiger charge is 2.39. The first kappa shape index (κ1) is 25.9. The van der Waals surface area contributed by atoms with Crippen LogP contribution in [0.2, 0.25) is 0 Å². The minimum Gasteiger partial charge on any atom is -0.481 e. The molecule has 4 heterocycles.